The Morgan fingerprint density at radius 3 is 2.78 bits per heavy atom. The Kier molecular flexibility index (Phi) is 2.82. The monoisotopic (exact) mass is 257 g/mol. The number of ether oxygens (including phenoxy) is 1. The van der Waals surface area contributed by atoms with Gasteiger partial charge in [0.1, 0.15) is 5.75 Å². The van der Waals surface area contributed by atoms with E-state index < -0.39 is 0 Å². The Morgan fingerprint density at radius 2 is 2.00 bits per heavy atom. The van der Waals surface area contributed by atoms with E-state index in [1.54, 1.807) is 7.11 Å². The summed E-state index contributed by atoms with van der Waals surface area (Å²) in [6, 6.07) is 13.5. The van der Waals surface area contributed by atoms with E-state index >= 15 is 0 Å². The van der Waals surface area contributed by atoms with Crippen molar-refractivity contribution in [2.24, 2.45) is 4.99 Å². The Labute approximate surface area is 108 Å². The van der Waals surface area contributed by atoms with Crippen molar-refractivity contribution >= 4 is 22.9 Å². The average molecular weight is 257 g/mol. The number of pyridine rings is 1. The first-order valence-electron chi connectivity index (χ1n) is 5.49. The zero-order valence-corrected chi connectivity index (χ0v) is 10.6. The molecular weight excluding hydrogens is 246 g/mol. The predicted octanol–water partition coefficient (Wildman–Crippen LogP) is 2.64. The molecule has 0 fully saturated rings. The molecule has 0 aliphatic heterocycles. The minimum absolute atomic E-state index is 0.829. The van der Waals surface area contributed by atoms with Crippen LogP contribution >= 0.6 is 11.5 Å². The third-order valence-corrected chi connectivity index (χ3v) is 3.29. The fourth-order valence-electron chi connectivity index (χ4n) is 1.64. The lowest BCUT2D eigenvalue weighted by atomic mass is 10.3. The van der Waals surface area contributed by atoms with Crippen LogP contribution in [0.1, 0.15) is 0 Å². The maximum atomic E-state index is 5.12. The highest BCUT2D eigenvalue weighted by atomic mass is 32.1. The van der Waals surface area contributed by atoms with Crippen LogP contribution in [0, 0.1) is 0 Å². The van der Waals surface area contributed by atoms with Gasteiger partial charge in [0.05, 0.1) is 12.8 Å². The molecule has 0 aliphatic carbocycles. The number of rotatable bonds is 2. The van der Waals surface area contributed by atoms with Crippen molar-refractivity contribution in [2.45, 2.75) is 0 Å². The zero-order valence-electron chi connectivity index (χ0n) is 9.78. The van der Waals surface area contributed by atoms with Crippen LogP contribution in [0.4, 0.5) is 5.69 Å². The Bertz CT molecular complexity index is 728. The van der Waals surface area contributed by atoms with Gasteiger partial charge in [0.2, 0.25) is 4.80 Å². The standard InChI is InChI=1S/C13H11N3OS/c1-17-11-7-5-10(6-8-11)14-13-16-9-3-2-4-12(16)15-18-13/h2-9H,1H3/b14-13-. The number of benzene rings is 1. The molecule has 0 spiro atoms. The van der Waals surface area contributed by atoms with Gasteiger partial charge in [0, 0.05) is 17.7 Å². The van der Waals surface area contributed by atoms with Crippen LogP contribution in [0.15, 0.2) is 53.7 Å². The van der Waals surface area contributed by atoms with Crippen molar-refractivity contribution in [1.82, 2.24) is 8.77 Å². The summed E-state index contributed by atoms with van der Waals surface area (Å²) in [4.78, 5) is 5.43. The summed E-state index contributed by atoms with van der Waals surface area (Å²) in [6.45, 7) is 0. The fraction of sp³-hybridized carbons (Fsp3) is 0.0769. The van der Waals surface area contributed by atoms with Gasteiger partial charge in [-0.2, -0.15) is 4.37 Å². The Morgan fingerprint density at radius 1 is 1.17 bits per heavy atom. The summed E-state index contributed by atoms with van der Waals surface area (Å²) in [6.07, 6.45) is 1.96. The Hall–Kier alpha value is -2.14. The average Bonchev–Trinajstić information content (AvgIpc) is 2.83. The van der Waals surface area contributed by atoms with E-state index in [2.05, 4.69) is 9.37 Å². The molecule has 3 aromatic rings. The van der Waals surface area contributed by atoms with Crippen molar-refractivity contribution < 1.29 is 4.74 Å². The fourth-order valence-corrected chi connectivity index (χ4v) is 2.36. The minimum Gasteiger partial charge on any atom is -0.497 e. The van der Waals surface area contributed by atoms with E-state index in [-0.39, 0.29) is 0 Å². The number of hydrogen-bond acceptors (Lipinski definition) is 4. The topological polar surface area (TPSA) is 38.9 Å². The summed E-state index contributed by atoms with van der Waals surface area (Å²) < 4.78 is 11.4. The molecule has 1 aromatic carbocycles. The quantitative estimate of drug-likeness (QED) is 0.708. The summed E-state index contributed by atoms with van der Waals surface area (Å²) in [5.41, 5.74) is 1.80. The van der Waals surface area contributed by atoms with E-state index in [1.165, 1.54) is 11.5 Å². The van der Waals surface area contributed by atoms with E-state index in [0.717, 1.165) is 21.9 Å². The highest BCUT2D eigenvalue weighted by Gasteiger charge is 1.97. The maximum Gasteiger partial charge on any atom is 0.213 e. The number of fused-ring (bicyclic) bond motifs is 1. The molecule has 5 heteroatoms. The lowest BCUT2D eigenvalue weighted by Crippen LogP contribution is -2.04. The van der Waals surface area contributed by atoms with Gasteiger partial charge in [0.15, 0.2) is 5.65 Å². The molecule has 4 nitrogen and oxygen atoms in total. The number of methoxy groups -OCH3 is 1. The Balaban J connectivity index is 2.10. The molecule has 2 aromatic heterocycles. The highest BCUT2D eigenvalue weighted by molar-refractivity contribution is 7.03. The molecule has 0 aliphatic rings. The van der Waals surface area contributed by atoms with Gasteiger partial charge in [0.25, 0.3) is 0 Å². The first-order chi connectivity index (χ1) is 8.86. The van der Waals surface area contributed by atoms with E-state index in [9.17, 15) is 0 Å². The largest absolute Gasteiger partial charge is 0.497 e. The molecule has 0 unspecified atom stereocenters. The first kappa shape index (κ1) is 11.0. The van der Waals surface area contributed by atoms with Gasteiger partial charge in [-0.25, -0.2) is 4.99 Å². The van der Waals surface area contributed by atoms with Gasteiger partial charge in [-0.15, -0.1) is 0 Å². The smallest absolute Gasteiger partial charge is 0.213 e. The van der Waals surface area contributed by atoms with Gasteiger partial charge < -0.3 is 4.74 Å². The predicted molar refractivity (Wildman–Crippen MR) is 71.3 cm³/mol. The normalized spacial score (nSPS) is 11.9. The van der Waals surface area contributed by atoms with Gasteiger partial charge in [-0.05, 0) is 36.4 Å². The SMILES string of the molecule is COc1ccc(/N=c2\snc3ccccn23)cc1. The number of hydrogen-bond donors (Lipinski definition) is 0. The third-order valence-electron chi connectivity index (χ3n) is 2.56. The van der Waals surface area contributed by atoms with Crippen molar-refractivity contribution in [2.75, 3.05) is 7.11 Å². The summed E-state index contributed by atoms with van der Waals surface area (Å²) in [5.74, 6) is 0.829. The molecule has 18 heavy (non-hydrogen) atoms. The lowest BCUT2D eigenvalue weighted by molar-refractivity contribution is 0.415. The van der Waals surface area contributed by atoms with Crippen LogP contribution in [0.3, 0.4) is 0 Å². The van der Waals surface area contributed by atoms with Gasteiger partial charge >= 0.3 is 0 Å². The van der Waals surface area contributed by atoms with Crippen molar-refractivity contribution in [3.8, 4) is 5.75 Å². The van der Waals surface area contributed by atoms with Crippen molar-refractivity contribution in [1.29, 1.82) is 0 Å². The molecule has 0 saturated carbocycles. The molecule has 0 atom stereocenters. The molecule has 0 N–H and O–H groups in total. The molecule has 3 rings (SSSR count). The molecule has 0 amide bonds. The van der Waals surface area contributed by atoms with Crippen LogP contribution in [0.2, 0.25) is 0 Å². The second kappa shape index (κ2) is 4.62. The van der Waals surface area contributed by atoms with Crippen LogP contribution in [0.25, 0.3) is 5.65 Å². The number of aromatic nitrogens is 2. The summed E-state index contributed by atoms with van der Waals surface area (Å²) in [5, 5.41) is 0. The van der Waals surface area contributed by atoms with Crippen LogP contribution in [-0.2, 0) is 0 Å². The van der Waals surface area contributed by atoms with Gasteiger partial charge in [-0.1, -0.05) is 6.07 Å². The van der Waals surface area contributed by atoms with Crippen molar-refractivity contribution in [3.05, 3.63) is 53.5 Å². The summed E-state index contributed by atoms with van der Waals surface area (Å²) >= 11 is 1.38. The molecule has 2 heterocycles. The molecule has 0 bridgehead atoms. The lowest BCUT2D eigenvalue weighted by Gasteiger charge is -1.98. The van der Waals surface area contributed by atoms with Crippen molar-refractivity contribution in [3.63, 3.8) is 0 Å². The molecule has 90 valence electrons. The molecule has 0 saturated heterocycles. The first-order valence-corrected chi connectivity index (χ1v) is 6.26. The highest BCUT2D eigenvalue weighted by Crippen LogP contribution is 2.17. The molecular formula is C13H11N3OS. The number of nitrogens with zero attached hydrogens (tertiary/aromatic N) is 3. The second-order valence-corrected chi connectivity index (χ2v) is 4.43. The molecule has 0 radical (unpaired) electrons. The van der Waals surface area contributed by atoms with Crippen LogP contribution in [-0.4, -0.2) is 15.9 Å². The van der Waals surface area contributed by atoms with E-state index in [1.807, 2.05) is 53.1 Å². The van der Waals surface area contributed by atoms with Crippen LogP contribution in [0.5, 0.6) is 5.75 Å². The summed E-state index contributed by atoms with van der Waals surface area (Å²) in [7, 11) is 1.65. The minimum atomic E-state index is 0.829. The van der Waals surface area contributed by atoms with Gasteiger partial charge in [-0.3, -0.25) is 4.40 Å². The van der Waals surface area contributed by atoms with E-state index in [0.29, 0.717) is 0 Å². The van der Waals surface area contributed by atoms with E-state index in [4.69, 9.17) is 4.74 Å². The third kappa shape index (κ3) is 2.00. The zero-order chi connectivity index (χ0) is 12.4. The maximum absolute atomic E-state index is 5.12. The second-order valence-electron chi connectivity index (χ2n) is 3.70. The van der Waals surface area contributed by atoms with Crippen LogP contribution < -0.4 is 9.54 Å².